The summed E-state index contributed by atoms with van der Waals surface area (Å²) in [5, 5.41) is 3.79. The van der Waals surface area contributed by atoms with Gasteiger partial charge in [0.05, 0.1) is 17.2 Å². The second-order valence-electron chi connectivity index (χ2n) is 8.06. The minimum atomic E-state index is -0.730. The van der Waals surface area contributed by atoms with Crippen LogP contribution in [-0.4, -0.2) is 45.9 Å². The lowest BCUT2D eigenvalue weighted by Gasteiger charge is -2.24. The summed E-state index contributed by atoms with van der Waals surface area (Å²) in [5.41, 5.74) is 12.8. The zero-order valence-electron chi connectivity index (χ0n) is 17.6. The van der Waals surface area contributed by atoms with Crippen molar-refractivity contribution in [2.45, 2.75) is 31.3 Å². The number of halogens is 2. The summed E-state index contributed by atoms with van der Waals surface area (Å²) in [4.78, 5) is 39.2. The first-order valence-electron chi connectivity index (χ1n) is 10.4. The van der Waals surface area contributed by atoms with Gasteiger partial charge in [0.1, 0.15) is 5.82 Å². The maximum atomic E-state index is 14.0. The van der Waals surface area contributed by atoms with Crippen molar-refractivity contribution in [1.29, 1.82) is 0 Å². The predicted molar refractivity (Wildman–Crippen MR) is 124 cm³/mol. The van der Waals surface area contributed by atoms with E-state index in [2.05, 4.69) is 5.32 Å². The molecule has 1 aliphatic heterocycles. The fraction of sp³-hybridized carbons (Fsp3) is 0.261. The van der Waals surface area contributed by atoms with Crippen LogP contribution in [0.4, 0.5) is 19.7 Å². The first-order valence-corrected chi connectivity index (χ1v) is 10.8. The summed E-state index contributed by atoms with van der Waals surface area (Å²) in [7, 11) is 0. The number of likely N-dealkylation sites (tertiary alicyclic amines) is 1. The van der Waals surface area contributed by atoms with Gasteiger partial charge >= 0.3 is 12.1 Å². The number of carbonyl (C=O) groups is 3. The number of benzene rings is 2. The molecular weight excluding hydrogens is 449 g/mol. The number of fused-ring (bicyclic) bond motifs is 1. The zero-order chi connectivity index (χ0) is 23.7. The average molecular weight is 472 g/mol. The van der Waals surface area contributed by atoms with Crippen LogP contribution in [-0.2, 0) is 11.2 Å². The van der Waals surface area contributed by atoms with Crippen molar-refractivity contribution in [2.24, 2.45) is 11.5 Å². The molecule has 0 spiro atoms. The van der Waals surface area contributed by atoms with Gasteiger partial charge in [0.2, 0.25) is 0 Å². The highest BCUT2D eigenvalue weighted by Gasteiger charge is 2.38. The van der Waals surface area contributed by atoms with Crippen LogP contribution in [0.2, 0.25) is 5.02 Å². The monoisotopic (exact) mass is 471 g/mol. The van der Waals surface area contributed by atoms with E-state index in [1.54, 1.807) is 24.3 Å². The molecule has 3 aromatic rings. The molecule has 1 aromatic heterocycles. The number of hydrogen-bond acceptors (Lipinski definition) is 4. The molecule has 5 N–H and O–H groups in total. The highest BCUT2D eigenvalue weighted by Crippen LogP contribution is 2.28. The van der Waals surface area contributed by atoms with Crippen molar-refractivity contribution in [3.8, 4) is 0 Å². The fourth-order valence-corrected chi connectivity index (χ4v) is 4.40. The predicted octanol–water partition coefficient (Wildman–Crippen LogP) is 3.50. The average Bonchev–Trinajstić information content (AvgIpc) is 3.35. The number of nitrogens with one attached hydrogen (secondary N) is 1. The lowest BCUT2D eigenvalue weighted by Crippen LogP contribution is -2.43. The number of para-hydroxylation sites is 1. The van der Waals surface area contributed by atoms with Crippen molar-refractivity contribution < 1.29 is 18.8 Å². The largest absolute Gasteiger partial charge is 0.351 e. The molecule has 172 valence electrons. The second kappa shape index (κ2) is 9.21. The standard InChI is InChI=1S/C23H23ClFN5O3/c24-14-6-7-17(25)13(9-14)5-8-21(31)20-10-15(26)11-30(20)23(33)28-18-12-29(22(27)32)19-4-2-1-3-16(18)19/h1-4,6-7,9,12,15,20H,5,8,10-11,26H2,(H2,27,32)(H,28,33)/t15-,20-/m0/s1. The Balaban J connectivity index is 1.50. The molecule has 4 rings (SSSR count). The van der Waals surface area contributed by atoms with Gasteiger partial charge in [-0.3, -0.25) is 9.36 Å². The SMILES string of the molecule is NC(=O)n1cc(NC(=O)N2C[C@@H](N)C[C@H]2C(=O)CCc2cc(Cl)ccc2F)c2ccccc21. The van der Waals surface area contributed by atoms with E-state index in [1.807, 2.05) is 0 Å². The molecule has 0 saturated carbocycles. The Morgan fingerprint density at radius 3 is 2.70 bits per heavy atom. The number of nitrogens with two attached hydrogens (primary N) is 2. The van der Waals surface area contributed by atoms with Crippen LogP contribution < -0.4 is 16.8 Å². The summed E-state index contributed by atoms with van der Waals surface area (Å²) in [6, 6.07) is 8.90. The van der Waals surface area contributed by atoms with Crippen molar-refractivity contribution in [2.75, 3.05) is 11.9 Å². The highest BCUT2D eigenvalue weighted by atomic mass is 35.5. The summed E-state index contributed by atoms with van der Waals surface area (Å²) in [6.07, 6.45) is 1.96. The molecule has 1 aliphatic rings. The number of aryl methyl sites for hydroxylation is 1. The van der Waals surface area contributed by atoms with Crippen LogP contribution in [0, 0.1) is 5.82 Å². The van der Waals surface area contributed by atoms with Gasteiger partial charge in [-0.1, -0.05) is 29.8 Å². The molecule has 10 heteroatoms. The number of urea groups is 1. The number of amides is 3. The molecule has 2 atom stereocenters. The lowest BCUT2D eigenvalue weighted by molar-refractivity contribution is -0.122. The van der Waals surface area contributed by atoms with Crippen LogP contribution in [0.15, 0.2) is 48.7 Å². The smallest absolute Gasteiger partial charge is 0.323 e. The van der Waals surface area contributed by atoms with Crippen molar-refractivity contribution in [3.05, 3.63) is 65.1 Å². The van der Waals surface area contributed by atoms with E-state index in [0.717, 1.165) is 0 Å². The van der Waals surface area contributed by atoms with E-state index >= 15 is 0 Å². The Kier molecular flexibility index (Phi) is 6.35. The van der Waals surface area contributed by atoms with Gasteiger partial charge in [0.25, 0.3) is 0 Å². The summed E-state index contributed by atoms with van der Waals surface area (Å²) in [5.74, 6) is -0.646. The third kappa shape index (κ3) is 4.69. The summed E-state index contributed by atoms with van der Waals surface area (Å²) in [6.45, 7) is 0.197. The van der Waals surface area contributed by atoms with Crippen LogP contribution >= 0.6 is 11.6 Å². The van der Waals surface area contributed by atoms with E-state index < -0.39 is 23.9 Å². The molecular formula is C23H23ClFN5O3. The number of Topliss-reactive ketones (excluding diaryl/α,β-unsaturated/α-hetero) is 1. The minimum Gasteiger partial charge on any atom is -0.351 e. The van der Waals surface area contributed by atoms with E-state index in [1.165, 1.54) is 33.9 Å². The number of ketones is 1. The van der Waals surface area contributed by atoms with Gasteiger partial charge in [-0.05, 0) is 42.7 Å². The Bertz CT molecular complexity index is 1240. The van der Waals surface area contributed by atoms with Gasteiger partial charge in [0, 0.05) is 35.6 Å². The van der Waals surface area contributed by atoms with Crippen LogP contribution in [0.1, 0.15) is 18.4 Å². The van der Waals surface area contributed by atoms with E-state index in [0.29, 0.717) is 33.6 Å². The molecule has 1 saturated heterocycles. The van der Waals surface area contributed by atoms with Gasteiger partial charge in [-0.25, -0.2) is 14.0 Å². The molecule has 33 heavy (non-hydrogen) atoms. The minimum absolute atomic E-state index is 0.0411. The Labute approximate surface area is 194 Å². The van der Waals surface area contributed by atoms with Gasteiger partial charge in [-0.2, -0.15) is 0 Å². The maximum Gasteiger partial charge on any atom is 0.323 e. The van der Waals surface area contributed by atoms with Crippen molar-refractivity contribution in [1.82, 2.24) is 9.47 Å². The number of primary amides is 1. The molecule has 2 heterocycles. The van der Waals surface area contributed by atoms with Gasteiger partial charge < -0.3 is 21.7 Å². The number of anilines is 1. The van der Waals surface area contributed by atoms with Gasteiger partial charge in [0.15, 0.2) is 5.78 Å². The molecule has 0 unspecified atom stereocenters. The third-order valence-corrected chi connectivity index (χ3v) is 6.04. The van der Waals surface area contributed by atoms with Crippen molar-refractivity contribution >= 4 is 46.0 Å². The molecule has 0 bridgehead atoms. The zero-order valence-corrected chi connectivity index (χ0v) is 18.4. The molecule has 3 amide bonds. The normalized spacial score (nSPS) is 18.0. The highest BCUT2D eigenvalue weighted by molar-refractivity contribution is 6.30. The van der Waals surface area contributed by atoms with Crippen LogP contribution in [0.5, 0.6) is 0 Å². The first kappa shape index (κ1) is 22.8. The topological polar surface area (TPSA) is 123 Å². The molecule has 0 radical (unpaired) electrons. The number of carbonyl (C=O) groups excluding carboxylic acids is 3. The van der Waals surface area contributed by atoms with Gasteiger partial charge in [-0.15, -0.1) is 0 Å². The summed E-state index contributed by atoms with van der Waals surface area (Å²) >= 11 is 5.92. The van der Waals surface area contributed by atoms with Crippen LogP contribution in [0.25, 0.3) is 10.9 Å². The number of nitrogens with zero attached hydrogens (tertiary/aromatic N) is 2. The first-order chi connectivity index (χ1) is 15.7. The lowest BCUT2D eigenvalue weighted by atomic mass is 10.0. The molecule has 1 fully saturated rings. The Morgan fingerprint density at radius 2 is 1.94 bits per heavy atom. The third-order valence-electron chi connectivity index (χ3n) is 5.81. The molecule has 8 nitrogen and oxygen atoms in total. The number of aromatic nitrogens is 1. The van der Waals surface area contributed by atoms with E-state index in [-0.39, 0.29) is 31.2 Å². The number of hydrogen-bond donors (Lipinski definition) is 3. The van der Waals surface area contributed by atoms with Crippen molar-refractivity contribution in [3.63, 3.8) is 0 Å². The maximum absolute atomic E-state index is 14.0. The second-order valence-corrected chi connectivity index (χ2v) is 8.50. The molecule has 2 aromatic carbocycles. The Hall–Kier alpha value is -3.43. The molecule has 0 aliphatic carbocycles. The fourth-order valence-electron chi connectivity index (χ4n) is 4.21. The Morgan fingerprint density at radius 1 is 1.18 bits per heavy atom. The quantitative estimate of drug-likeness (QED) is 0.526. The van der Waals surface area contributed by atoms with Crippen LogP contribution in [0.3, 0.4) is 0 Å². The summed E-state index contributed by atoms with van der Waals surface area (Å²) < 4.78 is 15.2. The number of rotatable bonds is 5. The van der Waals surface area contributed by atoms with E-state index in [9.17, 15) is 18.8 Å². The van der Waals surface area contributed by atoms with E-state index in [4.69, 9.17) is 23.1 Å².